The Morgan fingerprint density at radius 3 is 2.75 bits per heavy atom. The molecule has 2 rings (SSSR count). The molecule has 0 bridgehead atoms. The van der Waals surface area contributed by atoms with Crippen LogP contribution < -0.4 is 5.76 Å². The fourth-order valence-electron chi connectivity index (χ4n) is 1.61. The first-order chi connectivity index (χ1) is 7.50. The summed E-state index contributed by atoms with van der Waals surface area (Å²) >= 11 is 0. The topological polar surface area (TPSA) is 58.6 Å². The lowest BCUT2D eigenvalue weighted by Gasteiger charge is -2.18. The highest BCUT2D eigenvalue weighted by atomic mass is 16.4. The Morgan fingerprint density at radius 2 is 2.12 bits per heavy atom. The van der Waals surface area contributed by atoms with E-state index in [0.717, 1.165) is 5.52 Å². The highest BCUT2D eigenvalue weighted by molar-refractivity contribution is 5.73. The average molecular weight is 222 g/mol. The number of rotatable bonds is 2. The maximum atomic E-state index is 11.3. The Kier molecular flexibility index (Phi) is 2.57. The number of fused-ring (bicyclic) bond motifs is 1. The van der Waals surface area contributed by atoms with Gasteiger partial charge in [0, 0.05) is 7.05 Å². The molecule has 0 saturated carbocycles. The maximum absolute atomic E-state index is 11.3. The molecule has 0 aliphatic carbocycles. The quantitative estimate of drug-likeness (QED) is 0.759. The zero-order valence-corrected chi connectivity index (χ0v) is 9.47. The van der Waals surface area contributed by atoms with Crippen molar-refractivity contribution >= 4 is 11.1 Å². The Hall–Kier alpha value is -1.59. The van der Waals surface area contributed by atoms with Gasteiger partial charge in [0.1, 0.15) is 6.23 Å². The van der Waals surface area contributed by atoms with Crippen LogP contribution in [0.15, 0.2) is 27.4 Å². The number of aliphatic hydroxyl groups is 1. The van der Waals surface area contributed by atoms with Crippen LogP contribution in [0.4, 0.5) is 0 Å². The van der Waals surface area contributed by atoms with E-state index in [-0.39, 0.29) is 0 Å². The van der Waals surface area contributed by atoms with E-state index >= 15 is 0 Å². The molecule has 1 N–H and O–H groups in total. The van der Waals surface area contributed by atoms with Gasteiger partial charge in [-0.25, -0.2) is 4.79 Å². The summed E-state index contributed by atoms with van der Waals surface area (Å²) in [7, 11) is 5.20. The molecule has 0 saturated heterocycles. The van der Waals surface area contributed by atoms with E-state index in [0.29, 0.717) is 11.1 Å². The molecule has 5 heteroatoms. The van der Waals surface area contributed by atoms with E-state index in [4.69, 9.17) is 4.42 Å². The molecule has 5 nitrogen and oxygen atoms in total. The minimum Gasteiger partial charge on any atom is -0.408 e. The van der Waals surface area contributed by atoms with E-state index in [2.05, 4.69) is 0 Å². The van der Waals surface area contributed by atoms with Crippen molar-refractivity contribution in [2.75, 3.05) is 14.1 Å². The Labute approximate surface area is 92.5 Å². The van der Waals surface area contributed by atoms with Crippen LogP contribution in [0.2, 0.25) is 0 Å². The molecule has 1 atom stereocenters. The number of benzene rings is 1. The van der Waals surface area contributed by atoms with Crippen LogP contribution in [0.5, 0.6) is 0 Å². The second-order valence-corrected chi connectivity index (χ2v) is 3.99. The van der Waals surface area contributed by atoms with Gasteiger partial charge in [-0.1, -0.05) is 6.07 Å². The summed E-state index contributed by atoms with van der Waals surface area (Å²) in [4.78, 5) is 12.9. The van der Waals surface area contributed by atoms with Crippen LogP contribution in [0.1, 0.15) is 11.8 Å². The predicted octanol–water partition coefficient (Wildman–Crippen LogP) is 0.684. The molecule has 16 heavy (non-hydrogen) atoms. The smallest absolute Gasteiger partial charge is 0.408 e. The van der Waals surface area contributed by atoms with E-state index in [1.807, 2.05) is 0 Å². The first-order valence-electron chi connectivity index (χ1n) is 4.94. The molecule has 0 spiro atoms. The summed E-state index contributed by atoms with van der Waals surface area (Å²) in [6.07, 6.45) is -0.699. The Morgan fingerprint density at radius 1 is 1.44 bits per heavy atom. The van der Waals surface area contributed by atoms with Crippen molar-refractivity contribution in [2.45, 2.75) is 6.23 Å². The molecular weight excluding hydrogens is 208 g/mol. The number of aromatic nitrogens is 1. The first-order valence-corrected chi connectivity index (χ1v) is 4.94. The van der Waals surface area contributed by atoms with Crippen LogP contribution in [0.3, 0.4) is 0 Å². The van der Waals surface area contributed by atoms with Gasteiger partial charge in [-0.15, -0.1) is 0 Å². The lowest BCUT2D eigenvalue weighted by Crippen LogP contribution is -2.19. The zero-order valence-electron chi connectivity index (χ0n) is 9.47. The summed E-state index contributed by atoms with van der Waals surface area (Å²) in [6.45, 7) is 0. The summed E-state index contributed by atoms with van der Waals surface area (Å²) < 4.78 is 6.48. The molecule has 1 unspecified atom stereocenters. The number of aryl methyl sites for hydroxylation is 1. The van der Waals surface area contributed by atoms with Gasteiger partial charge in [-0.05, 0) is 31.8 Å². The third kappa shape index (κ3) is 1.64. The lowest BCUT2D eigenvalue weighted by atomic mass is 10.1. The standard InChI is InChI=1S/C11H14N2O3/c1-12(2)10(14)7-4-5-8-9(6-7)16-11(15)13(8)3/h4-6,10,14H,1-3H3. The molecule has 1 aromatic heterocycles. The van der Waals surface area contributed by atoms with Crippen molar-refractivity contribution in [1.82, 2.24) is 9.47 Å². The number of nitrogens with zero attached hydrogens (tertiary/aromatic N) is 2. The minimum atomic E-state index is -0.699. The molecular formula is C11H14N2O3. The molecule has 1 aromatic carbocycles. The second-order valence-electron chi connectivity index (χ2n) is 3.99. The fraction of sp³-hybridized carbons (Fsp3) is 0.364. The van der Waals surface area contributed by atoms with Crippen LogP contribution in [-0.4, -0.2) is 28.7 Å². The van der Waals surface area contributed by atoms with E-state index < -0.39 is 12.0 Å². The first kappa shape index (κ1) is 10.9. The minimum absolute atomic E-state index is 0.397. The fourth-order valence-corrected chi connectivity index (χ4v) is 1.61. The van der Waals surface area contributed by atoms with Crippen LogP contribution in [0.25, 0.3) is 11.1 Å². The number of hydrogen-bond acceptors (Lipinski definition) is 4. The normalized spacial score (nSPS) is 13.6. The molecule has 0 radical (unpaired) electrons. The second kappa shape index (κ2) is 3.77. The molecule has 0 amide bonds. The molecule has 86 valence electrons. The summed E-state index contributed by atoms with van der Waals surface area (Å²) in [5, 5.41) is 9.83. The van der Waals surface area contributed by atoms with Crippen molar-refractivity contribution in [1.29, 1.82) is 0 Å². The van der Waals surface area contributed by atoms with Gasteiger partial charge in [0.05, 0.1) is 5.52 Å². The number of hydrogen-bond donors (Lipinski definition) is 1. The van der Waals surface area contributed by atoms with E-state index in [1.54, 1.807) is 44.2 Å². The highest BCUT2D eigenvalue weighted by Gasteiger charge is 2.12. The Bertz CT molecular complexity index is 568. The van der Waals surface area contributed by atoms with Gasteiger partial charge in [0.15, 0.2) is 5.58 Å². The molecule has 0 aliphatic rings. The molecule has 0 aliphatic heterocycles. The Balaban J connectivity index is 2.57. The van der Waals surface area contributed by atoms with Crippen molar-refractivity contribution in [3.63, 3.8) is 0 Å². The van der Waals surface area contributed by atoms with Crippen LogP contribution in [0, 0.1) is 0 Å². The number of oxazole rings is 1. The average Bonchev–Trinajstić information content (AvgIpc) is 2.53. The van der Waals surface area contributed by atoms with Gasteiger partial charge in [0.25, 0.3) is 0 Å². The van der Waals surface area contributed by atoms with Crippen molar-refractivity contribution < 1.29 is 9.52 Å². The van der Waals surface area contributed by atoms with Crippen molar-refractivity contribution in [3.8, 4) is 0 Å². The van der Waals surface area contributed by atoms with E-state index in [1.165, 1.54) is 4.57 Å². The van der Waals surface area contributed by atoms with Gasteiger partial charge in [0.2, 0.25) is 0 Å². The summed E-state index contributed by atoms with van der Waals surface area (Å²) in [6, 6.07) is 5.23. The summed E-state index contributed by atoms with van der Waals surface area (Å²) in [5.74, 6) is -0.397. The van der Waals surface area contributed by atoms with Gasteiger partial charge in [-0.2, -0.15) is 0 Å². The van der Waals surface area contributed by atoms with E-state index in [9.17, 15) is 9.90 Å². The third-order valence-corrected chi connectivity index (χ3v) is 2.60. The van der Waals surface area contributed by atoms with Crippen LogP contribution >= 0.6 is 0 Å². The molecule has 2 aromatic rings. The highest BCUT2D eigenvalue weighted by Crippen LogP contribution is 2.20. The third-order valence-electron chi connectivity index (χ3n) is 2.60. The lowest BCUT2D eigenvalue weighted by molar-refractivity contribution is 0.0396. The largest absolute Gasteiger partial charge is 0.419 e. The molecule has 1 heterocycles. The number of aliphatic hydroxyl groups excluding tert-OH is 1. The monoisotopic (exact) mass is 222 g/mol. The SMILES string of the molecule is CN(C)C(O)c1ccc2c(c1)oc(=O)n2C. The zero-order chi connectivity index (χ0) is 11.9. The van der Waals surface area contributed by atoms with Gasteiger partial charge < -0.3 is 9.52 Å². The maximum Gasteiger partial charge on any atom is 0.419 e. The van der Waals surface area contributed by atoms with Crippen LogP contribution in [-0.2, 0) is 7.05 Å². The van der Waals surface area contributed by atoms with Crippen molar-refractivity contribution in [3.05, 3.63) is 34.3 Å². The molecule has 0 fully saturated rings. The van der Waals surface area contributed by atoms with Gasteiger partial charge in [-0.3, -0.25) is 9.47 Å². The predicted molar refractivity (Wildman–Crippen MR) is 60.1 cm³/mol. The van der Waals surface area contributed by atoms with Gasteiger partial charge >= 0.3 is 5.76 Å². The summed E-state index contributed by atoms with van der Waals surface area (Å²) in [5.41, 5.74) is 1.91. The van der Waals surface area contributed by atoms with Crippen molar-refractivity contribution in [2.24, 2.45) is 7.05 Å².